The number of aryl methyl sites for hydroxylation is 2. The molecule has 0 bridgehead atoms. The van der Waals surface area contributed by atoms with Gasteiger partial charge in [-0.2, -0.15) is 5.10 Å². The van der Waals surface area contributed by atoms with Crippen LogP contribution >= 0.6 is 0 Å². The highest BCUT2D eigenvalue weighted by molar-refractivity contribution is 5.76. The van der Waals surface area contributed by atoms with Crippen LogP contribution in [0.4, 0.5) is 0 Å². The SMILES string of the molecule is CCCn1nc(CCC(=O)NC2CCCCC2)c2c1CCOC2. The van der Waals surface area contributed by atoms with E-state index in [2.05, 4.69) is 16.9 Å². The first-order valence-electron chi connectivity index (χ1n) is 9.22. The number of aromatic nitrogens is 2. The van der Waals surface area contributed by atoms with Gasteiger partial charge in [0, 0.05) is 43.1 Å². The van der Waals surface area contributed by atoms with Crippen LogP contribution in [0.1, 0.15) is 68.8 Å². The minimum atomic E-state index is 0.174. The lowest BCUT2D eigenvalue weighted by molar-refractivity contribution is -0.122. The van der Waals surface area contributed by atoms with E-state index in [4.69, 9.17) is 9.84 Å². The molecule has 0 spiro atoms. The van der Waals surface area contributed by atoms with Crippen molar-refractivity contribution in [3.63, 3.8) is 0 Å². The van der Waals surface area contributed by atoms with Crippen molar-refractivity contribution >= 4 is 5.91 Å². The molecule has 0 unspecified atom stereocenters. The van der Waals surface area contributed by atoms with Crippen molar-refractivity contribution in [1.82, 2.24) is 15.1 Å². The van der Waals surface area contributed by atoms with Crippen molar-refractivity contribution < 1.29 is 9.53 Å². The molecule has 5 heteroatoms. The average Bonchev–Trinajstić information content (AvgIpc) is 2.93. The Morgan fingerprint density at radius 1 is 1.35 bits per heavy atom. The number of hydrogen-bond donors (Lipinski definition) is 1. The molecular formula is C18H29N3O2. The number of nitrogens with one attached hydrogen (secondary N) is 1. The summed E-state index contributed by atoms with van der Waals surface area (Å²) in [6.07, 6.45) is 9.36. The number of amides is 1. The summed E-state index contributed by atoms with van der Waals surface area (Å²) in [5.41, 5.74) is 3.61. The van der Waals surface area contributed by atoms with E-state index in [0.29, 0.717) is 19.1 Å². The van der Waals surface area contributed by atoms with Crippen LogP contribution in [0.3, 0.4) is 0 Å². The highest BCUT2D eigenvalue weighted by atomic mass is 16.5. The van der Waals surface area contributed by atoms with E-state index in [-0.39, 0.29) is 5.91 Å². The van der Waals surface area contributed by atoms with Crippen molar-refractivity contribution in [2.45, 2.75) is 83.9 Å². The second-order valence-corrected chi connectivity index (χ2v) is 6.80. The molecule has 128 valence electrons. The predicted octanol–water partition coefficient (Wildman–Crippen LogP) is 2.75. The second kappa shape index (κ2) is 7.95. The first-order chi connectivity index (χ1) is 11.3. The molecule has 1 aliphatic heterocycles. The Labute approximate surface area is 138 Å². The zero-order valence-electron chi connectivity index (χ0n) is 14.3. The summed E-state index contributed by atoms with van der Waals surface area (Å²) in [6.45, 7) is 4.56. The summed E-state index contributed by atoms with van der Waals surface area (Å²) in [6, 6.07) is 0.395. The van der Waals surface area contributed by atoms with Crippen LogP contribution in [-0.4, -0.2) is 28.3 Å². The normalized spacial score (nSPS) is 18.7. The van der Waals surface area contributed by atoms with Gasteiger partial charge < -0.3 is 10.1 Å². The number of nitrogens with zero attached hydrogens (tertiary/aromatic N) is 2. The lowest BCUT2D eigenvalue weighted by Gasteiger charge is -2.22. The van der Waals surface area contributed by atoms with Gasteiger partial charge in [-0.1, -0.05) is 26.2 Å². The van der Waals surface area contributed by atoms with Crippen LogP contribution < -0.4 is 5.32 Å². The van der Waals surface area contributed by atoms with Gasteiger partial charge in [-0.25, -0.2) is 0 Å². The fraction of sp³-hybridized carbons (Fsp3) is 0.778. The molecule has 1 amide bonds. The predicted molar refractivity (Wildman–Crippen MR) is 89.2 cm³/mol. The summed E-state index contributed by atoms with van der Waals surface area (Å²) < 4.78 is 7.73. The lowest BCUT2D eigenvalue weighted by Crippen LogP contribution is -2.36. The van der Waals surface area contributed by atoms with Crippen LogP contribution in [0.15, 0.2) is 0 Å². The Hall–Kier alpha value is -1.36. The topological polar surface area (TPSA) is 56.2 Å². The first-order valence-corrected chi connectivity index (χ1v) is 9.22. The van der Waals surface area contributed by atoms with Crippen LogP contribution in [-0.2, 0) is 35.5 Å². The minimum Gasteiger partial charge on any atom is -0.376 e. The summed E-state index contributed by atoms with van der Waals surface area (Å²) in [4.78, 5) is 12.2. The molecule has 0 aromatic carbocycles. The van der Waals surface area contributed by atoms with Gasteiger partial charge in [0.05, 0.1) is 18.9 Å². The maximum atomic E-state index is 12.2. The molecule has 1 saturated carbocycles. The average molecular weight is 319 g/mol. The minimum absolute atomic E-state index is 0.174. The molecular weight excluding hydrogens is 290 g/mol. The number of carbonyl (C=O) groups excluding carboxylic acids is 1. The third-order valence-corrected chi connectivity index (χ3v) is 4.97. The highest BCUT2D eigenvalue weighted by Crippen LogP contribution is 2.22. The van der Waals surface area contributed by atoms with Crippen LogP contribution in [0.2, 0.25) is 0 Å². The van der Waals surface area contributed by atoms with E-state index in [9.17, 15) is 4.79 Å². The van der Waals surface area contributed by atoms with Crippen molar-refractivity contribution in [3.05, 3.63) is 17.0 Å². The van der Waals surface area contributed by atoms with E-state index in [1.165, 1.54) is 30.5 Å². The maximum absolute atomic E-state index is 12.2. The van der Waals surface area contributed by atoms with E-state index >= 15 is 0 Å². The molecule has 0 radical (unpaired) electrons. The number of carbonyl (C=O) groups is 1. The quantitative estimate of drug-likeness (QED) is 0.877. The Morgan fingerprint density at radius 3 is 2.96 bits per heavy atom. The van der Waals surface area contributed by atoms with Crippen molar-refractivity contribution in [1.29, 1.82) is 0 Å². The number of ether oxygens (including phenoxy) is 1. The monoisotopic (exact) mass is 319 g/mol. The number of hydrogen-bond acceptors (Lipinski definition) is 3. The third-order valence-electron chi connectivity index (χ3n) is 4.97. The molecule has 5 nitrogen and oxygen atoms in total. The molecule has 1 aromatic heterocycles. The van der Waals surface area contributed by atoms with Gasteiger partial charge in [0.1, 0.15) is 0 Å². The Balaban J connectivity index is 1.58. The third kappa shape index (κ3) is 4.14. The van der Waals surface area contributed by atoms with Crippen molar-refractivity contribution in [3.8, 4) is 0 Å². The molecule has 1 N–H and O–H groups in total. The molecule has 3 rings (SSSR count). The summed E-state index contributed by atoms with van der Waals surface area (Å²) in [5.74, 6) is 0.174. The Bertz CT molecular complexity index is 533. The van der Waals surface area contributed by atoms with E-state index in [1.807, 2.05) is 0 Å². The molecule has 2 aliphatic rings. The van der Waals surface area contributed by atoms with E-state index in [1.54, 1.807) is 0 Å². The summed E-state index contributed by atoms with van der Waals surface area (Å²) >= 11 is 0. The Kier molecular flexibility index (Phi) is 5.70. The molecule has 0 saturated heterocycles. The standard InChI is InChI=1S/C18H29N3O2/c1-2-11-21-17-10-12-23-13-15(17)16(20-21)8-9-18(22)19-14-6-4-3-5-7-14/h14H,2-13H2,1H3,(H,19,22). The van der Waals surface area contributed by atoms with Gasteiger partial charge in [0.25, 0.3) is 0 Å². The lowest BCUT2D eigenvalue weighted by atomic mass is 9.95. The van der Waals surface area contributed by atoms with Gasteiger partial charge in [-0.05, 0) is 19.3 Å². The Morgan fingerprint density at radius 2 is 2.17 bits per heavy atom. The first kappa shape index (κ1) is 16.5. The number of fused-ring (bicyclic) bond motifs is 1. The van der Waals surface area contributed by atoms with Crippen molar-refractivity contribution in [2.75, 3.05) is 6.61 Å². The van der Waals surface area contributed by atoms with E-state index in [0.717, 1.165) is 50.9 Å². The largest absolute Gasteiger partial charge is 0.376 e. The smallest absolute Gasteiger partial charge is 0.220 e. The van der Waals surface area contributed by atoms with E-state index < -0.39 is 0 Å². The highest BCUT2D eigenvalue weighted by Gasteiger charge is 2.22. The molecule has 1 aliphatic carbocycles. The van der Waals surface area contributed by atoms with Crippen molar-refractivity contribution in [2.24, 2.45) is 0 Å². The zero-order valence-corrected chi connectivity index (χ0v) is 14.3. The maximum Gasteiger partial charge on any atom is 0.220 e. The molecule has 1 fully saturated rings. The van der Waals surface area contributed by atoms with Gasteiger partial charge in [-0.15, -0.1) is 0 Å². The van der Waals surface area contributed by atoms with Crippen LogP contribution in [0.5, 0.6) is 0 Å². The zero-order chi connectivity index (χ0) is 16.1. The van der Waals surface area contributed by atoms with Gasteiger partial charge in [0.15, 0.2) is 0 Å². The molecule has 23 heavy (non-hydrogen) atoms. The fourth-order valence-electron chi connectivity index (χ4n) is 3.75. The number of rotatable bonds is 6. The molecule has 2 heterocycles. The summed E-state index contributed by atoms with van der Waals surface area (Å²) in [7, 11) is 0. The molecule has 0 atom stereocenters. The molecule has 1 aromatic rings. The van der Waals surface area contributed by atoms with Gasteiger partial charge >= 0.3 is 0 Å². The fourth-order valence-corrected chi connectivity index (χ4v) is 3.75. The summed E-state index contributed by atoms with van der Waals surface area (Å²) in [5, 5.41) is 7.95. The second-order valence-electron chi connectivity index (χ2n) is 6.80. The van der Waals surface area contributed by atoms with Gasteiger partial charge in [-0.3, -0.25) is 9.48 Å². The van der Waals surface area contributed by atoms with Crippen LogP contribution in [0.25, 0.3) is 0 Å². The van der Waals surface area contributed by atoms with Crippen LogP contribution in [0, 0.1) is 0 Å². The van der Waals surface area contributed by atoms with Gasteiger partial charge in [0.2, 0.25) is 5.91 Å².